The van der Waals surface area contributed by atoms with Gasteiger partial charge >= 0.3 is 5.97 Å². The Bertz CT molecular complexity index is 612. The first kappa shape index (κ1) is 11.3. The fourth-order valence-corrected chi connectivity index (χ4v) is 3.03. The molecule has 1 heterocycles. The lowest BCUT2D eigenvalue weighted by Gasteiger charge is -2.23. The van der Waals surface area contributed by atoms with Gasteiger partial charge in [-0.1, -0.05) is 18.2 Å². The third-order valence-electron chi connectivity index (χ3n) is 3.81. The van der Waals surface area contributed by atoms with Gasteiger partial charge in [-0.3, -0.25) is 4.79 Å². The van der Waals surface area contributed by atoms with Gasteiger partial charge in [-0.2, -0.15) is 0 Å². The molecule has 1 aromatic carbocycles. The predicted molar refractivity (Wildman–Crippen MR) is 70.5 cm³/mol. The van der Waals surface area contributed by atoms with Crippen LogP contribution < -0.4 is 0 Å². The molecule has 3 heteroatoms. The summed E-state index contributed by atoms with van der Waals surface area (Å²) in [6.45, 7) is 1.48. The molecule has 3 nitrogen and oxygen atoms in total. The van der Waals surface area contributed by atoms with Crippen LogP contribution in [0.25, 0.3) is 10.9 Å². The molecular weight excluding hydrogens is 226 g/mol. The number of ether oxygens (including phenoxy) is 1. The SMILES string of the molecule is CC(=O)OC1CCc2c(c3ccccc3n2C)C1. The molecule has 1 aliphatic rings. The van der Waals surface area contributed by atoms with E-state index in [4.69, 9.17) is 4.74 Å². The minimum absolute atomic E-state index is 0.0424. The molecule has 0 spiro atoms. The highest BCUT2D eigenvalue weighted by Gasteiger charge is 2.25. The Balaban J connectivity index is 2.04. The van der Waals surface area contributed by atoms with Crippen LogP contribution in [0.4, 0.5) is 0 Å². The van der Waals surface area contributed by atoms with Crippen LogP contribution in [0, 0.1) is 0 Å². The summed E-state index contributed by atoms with van der Waals surface area (Å²) < 4.78 is 7.63. The minimum Gasteiger partial charge on any atom is -0.462 e. The van der Waals surface area contributed by atoms with Crippen molar-refractivity contribution in [3.63, 3.8) is 0 Å². The first-order valence-electron chi connectivity index (χ1n) is 6.39. The maximum absolute atomic E-state index is 11.1. The van der Waals surface area contributed by atoms with Gasteiger partial charge in [0.2, 0.25) is 0 Å². The highest BCUT2D eigenvalue weighted by Crippen LogP contribution is 2.32. The van der Waals surface area contributed by atoms with Crippen molar-refractivity contribution < 1.29 is 9.53 Å². The Morgan fingerprint density at radius 3 is 2.94 bits per heavy atom. The molecule has 0 bridgehead atoms. The second kappa shape index (κ2) is 4.16. The van der Waals surface area contributed by atoms with E-state index in [1.807, 2.05) is 0 Å². The first-order valence-corrected chi connectivity index (χ1v) is 6.39. The van der Waals surface area contributed by atoms with Crippen molar-refractivity contribution >= 4 is 16.9 Å². The Morgan fingerprint density at radius 2 is 2.17 bits per heavy atom. The highest BCUT2D eigenvalue weighted by molar-refractivity contribution is 5.85. The zero-order valence-corrected chi connectivity index (χ0v) is 10.8. The topological polar surface area (TPSA) is 31.2 Å². The van der Waals surface area contributed by atoms with Gasteiger partial charge in [0, 0.05) is 37.0 Å². The van der Waals surface area contributed by atoms with Crippen molar-refractivity contribution in [2.45, 2.75) is 32.3 Å². The molecule has 0 fully saturated rings. The molecule has 2 aromatic rings. The molecule has 0 amide bonds. The summed E-state index contributed by atoms with van der Waals surface area (Å²) in [4.78, 5) is 11.1. The largest absolute Gasteiger partial charge is 0.462 e. The number of hydrogen-bond acceptors (Lipinski definition) is 2. The van der Waals surface area contributed by atoms with Crippen molar-refractivity contribution in [2.24, 2.45) is 7.05 Å². The quantitative estimate of drug-likeness (QED) is 0.721. The van der Waals surface area contributed by atoms with Crippen molar-refractivity contribution in [3.05, 3.63) is 35.5 Å². The number of nitrogens with zero attached hydrogens (tertiary/aromatic N) is 1. The van der Waals surface area contributed by atoms with Crippen LogP contribution in [0.1, 0.15) is 24.6 Å². The van der Waals surface area contributed by atoms with Gasteiger partial charge in [-0.25, -0.2) is 0 Å². The number of aromatic nitrogens is 1. The summed E-state index contributed by atoms with van der Waals surface area (Å²) in [7, 11) is 2.12. The van der Waals surface area contributed by atoms with E-state index in [-0.39, 0.29) is 12.1 Å². The molecule has 0 N–H and O–H groups in total. The van der Waals surface area contributed by atoms with E-state index in [2.05, 4.69) is 35.9 Å². The van der Waals surface area contributed by atoms with Gasteiger partial charge in [-0.15, -0.1) is 0 Å². The molecule has 0 radical (unpaired) electrons. The van der Waals surface area contributed by atoms with E-state index in [0.29, 0.717) is 0 Å². The summed E-state index contributed by atoms with van der Waals surface area (Å²) in [5.41, 5.74) is 4.01. The summed E-state index contributed by atoms with van der Waals surface area (Å²) in [5, 5.41) is 1.30. The van der Waals surface area contributed by atoms with E-state index in [0.717, 1.165) is 19.3 Å². The van der Waals surface area contributed by atoms with Crippen LogP contribution >= 0.6 is 0 Å². The zero-order valence-electron chi connectivity index (χ0n) is 10.8. The van der Waals surface area contributed by atoms with Gasteiger partial charge in [0.1, 0.15) is 6.10 Å². The van der Waals surface area contributed by atoms with E-state index in [1.54, 1.807) is 0 Å². The van der Waals surface area contributed by atoms with Crippen LogP contribution in [0.15, 0.2) is 24.3 Å². The number of esters is 1. The number of benzene rings is 1. The highest BCUT2D eigenvalue weighted by atomic mass is 16.5. The number of para-hydroxylation sites is 1. The lowest BCUT2D eigenvalue weighted by Crippen LogP contribution is -2.24. The number of aryl methyl sites for hydroxylation is 1. The Morgan fingerprint density at radius 1 is 1.39 bits per heavy atom. The average Bonchev–Trinajstić information content (AvgIpc) is 2.63. The van der Waals surface area contributed by atoms with Crippen LogP contribution in [-0.4, -0.2) is 16.6 Å². The van der Waals surface area contributed by atoms with Gasteiger partial charge in [0.15, 0.2) is 0 Å². The number of carbonyl (C=O) groups is 1. The monoisotopic (exact) mass is 243 g/mol. The lowest BCUT2D eigenvalue weighted by atomic mass is 9.93. The molecule has 0 aliphatic heterocycles. The van der Waals surface area contributed by atoms with E-state index >= 15 is 0 Å². The van der Waals surface area contributed by atoms with Crippen molar-refractivity contribution in [2.75, 3.05) is 0 Å². The van der Waals surface area contributed by atoms with Gasteiger partial charge in [0.05, 0.1) is 0 Å². The third-order valence-corrected chi connectivity index (χ3v) is 3.81. The number of fused-ring (bicyclic) bond motifs is 3. The predicted octanol–water partition coefficient (Wildman–Crippen LogP) is 2.60. The number of hydrogen-bond donors (Lipinski definition) is 0. The van der Waals surface area contributed by atoms with Crippen LogP contribution in [0.2, 0.25) is 0 Å². The molecule has 94 valence electrons. The third kappa shape index (κ3) is 1.70. The number of carbonyl (C=O) groups excluding carboxylic acids is 1. The molecule has 0 saturated heterocycles. The second-order valence-corrected chi connectivity index (χ2v) is 4.98. The Kier molecular flexibility index (Phi) is 2.62. The standard InChI is InChI=1S/C15H17NO2/c1-10(17)18-11-7-8-15-13(9-11)12-5-3-4-6-14(12)16(15)2/h3-6,11H,7-9H2,1-2H3. The maximum atomic E-state index is 11.1. The smallest absolute Gasteiger partial charge is 0.302 e. The fourth-order valence-electron chi connectivity index (χ4n) is 3.03. The Labute approximate surface area is 106 Å². The maximum Gasteiger partial charge on any atom is 0.302 e. The van der Waals surface area contributed by atoms with E-state index in [1.165, 1.54) is 29.1 Å². The van der Waals surface area contributed by atoms with Crippen LogP contribution in [0.3, 0.4) is 0 Å². The molecule has 18 heavy (non-hydrogen) atoms. The molecule has 0 saturated carbocycles. The molecule has 1 aliphatic carbocycles. The van der Waals surface area contributed by atoms with Crippen molar-refractivity contribution in [1.29, 1.82) is 0 Å². The van der Waals surface area contributed by atoms with Gasteiger partial charge in [0.25, 0.3) is 0 Å². The molecule has 1 aromatic heterocycles. The van der Waals surface area contributed by atoms with Gasteiger partial charge < -0.3 is 9.30 Å². The summed E-state index contributed by atoms with van der Waals surface area (Å²) >= 11 is 0. The lowest BCUT2D eigenvalue weighted by molar-refractivity contribution is -0.146. The van der Waals surface area contributed by atoms with Crippen LogP contribution in [-0.2, 0) is 29.4 Å². The summed E-state index contributed by atoms with van der Waals surface area (Å²) in [5.74, 6) is -0.177. The van der Waals surface area contributed by atoms with Crippen molar-refractivity contribution in [3.8, 4) is 0 Å². The fraction of sp³-hybridized carbons (Fsp3) is 0.400. The van der Waals surface area contributed by atoms with Gasteiger partial charge in [-0.05, 0) is 24.5 Å². The first-order chi connectivity index (χ1) is 8.66. The minimum atomic E-state index is -0.177. The van der Waals surface area contributed by atoms with E-state index in [9.17, 15) is 4.79 Å². The molecule has 3 rings (SSSR count). The van der Waals surface area contributed by atoms with E-state index < -0.39 is 0 Å². The number of rotatable bonds is 1. The zero-order chi connectivity index (χ0) is 12.7. The summed E-state index contributed by atoms with van der Waals surface area (Å²) in [6.07, 6.45) is 2.80. The van der Waals surface area contributed by atoms with Crippen LogP contribution in [0.5, 0.6) is 0 Å². The Hall–Kier alpha value is -1.77. The molecular formula is C15H17NO2. The average molecular weight is 243 g/mol. The molecule has 1 atom stereocenters. The second-order valence-electron chi connectivity index (χ2n) is 4.98. The molecule has 1 unspecified atom stereocenters. The normalized spacial score (nSPS) is 18.7. The van der Waals surface area contributed by atoms with Crippen molar-refractivity contribution in [1.82, 2.24) is 4.57 Å². The summed E-state index contributed by atoms with van der Waals surface area (Å²) in [6, 6.07) is 8.44.